The second-order valence-electron chi connectivity index (χ2n) is 4.52. The molecule has 0 radical (unpaired) electrons. The minimum absolute atomic E-state index is 0.438. The summed E-state index contributed by atoms with van der Waals surface area (Å²) in [5, 5.41) is 13.8. The molecular weight excluding hydrogens is 276 g/mol. The number of carboxylic acid groups (broad SMARTS) is 1. The van der Waals surface area contributed by atoms with E-state index >= 15 is 0 Å². The zero-order chi connectivity index (χ0) is 16.0. The summed E-state index contributed by atoms with van der Waals surface area (Å²) in [6.45, 7) is 3.74. The second-order valence-corrected chi connectivity index (χ2v) is 4.52. The molecule has 7 heteroatoms. The number of ether oxygens (including phenoxy) is 1. The minimum Gasteiger partial charge on any atom is -0.480 e. The maximum atomic E-state index is 11.8. The van der Waals surface area contributed by atoms with Crippen molar-refractivity contribution in [2.24, 2.45) is 0 Å². The van der Waals surface area contributed by atoms with Gasteiger partial charge in [0.15, 0.2) is 0 Å². The van der Waals surface area contributed by atoms with Gasteiger partial charge < -0.3 is 20.5 Å². The highest BCUT2D eigenvalue weighted by atomic mass is 16.5. The lowest BCUT2D eigenvalue weighted by Gasteiger charge is -2.15. The van der Waals surface area contributed by atoms with Crippen LogP contribution in [0, 0.1) is 13.8 Å². The first-order chi connectivity index (χ1) is 9.85. The summed E-state index contributed by atoms with van der Waals surface area (Å²) in [5.41, 5.74) is 2.46. The molecule has 0 bridgehead atoms. The van der Waals surface area contributed by atoms with Crippen LogP contribution in [0.1, 0.15) is 17.5 Å². The van der Waals surface area contributed by atoms with Crippen LogP contribution in [0.4, 0.5) is 10.5 Å². The van der Waals surface area contributed by atoms with Crippen molar-refractivity contribution in [1.29, 1.82) is 0 Å². The van der Waals surface area contributed by atoms with Crippen LogP contribution in [0.3, 0.4) is 0 Å². The van der Waals surface area contributed by atoms with Crippen LogP contribution in [0.2, 0.25) is 0 Å². The second kappa shape index (κ2) is 7.28. The van der Waals surface area contributed by atoms with Crippen LogP contribution in [0.25, 0.3) is 0 Å². The summed E-state index contributed by atoms with van der Waals surface area (Å²) in [6, 6.07) is 3.34. The summed E-state index contributed by atoms with van der Waals surface area (Å²) in [5.74, 6) is -2.02. The lowest BCUT2D eigenvalue weighted by molar-refractivity contribution is -0.147. The first kappa shape index (κ1) is 16.5. The zero-order valence-electron chi connectivity index (χ0n) is 12.1. The molecule has 2 amide bonds. The third-order valence-corrected chi connectivity index (χ3v) is 3.05. The number of carbonyl (C=O) groups is 3. The fourth-order valence-electron chi connectivity index (χ4n) is 1.65. The Hall–Kier alpha value is -2.57. The van der Waals surface area contributed by atoms with Gasteiger partial charge in [-0.05, 0) is 31.0 Å². The van der Waals surface area contributed by atoms with Gasteiger partial charge in [-0.25, -0.2) is 9.59 Å². The molecule has 0 aliphatic heterocycles. The van der Waals surface area contributed by atoms with Gasteiger partial charge >= 0.3 is 18.0 Å². The molecular formula is C14H18N2O5. The lowest BCUT2D eigenvalue weighted by Crippen LogP contribution is -2.44. The number of anilines is 1. The summed E-state index contributed by atoms with van der Waals surface area (Å²) < 4.78 is 4.39. The van der Waals surface area contributed by atoms with E-state index in [4.69, 9.17) is 5.11 Å². The van der Waals surface area contributed by atoms with Crippen molar-refractivity contribution >= 4 is 23.7 Å². The van der Waals surface area contributed by atoms with Crippen molar-refractivity contribution in [3.05, 3.63) is 29.3 Å². The Kier molecular flexibility index (Phi) is 5.71. The number of aliphatic carboxylic acids is 1. The highest BCUT2D eigenvalue weighted by Crippen LogP contribution is 2.17. The average molecular weight is 294 g/mol. The molecule has 0 unspecified atom stereocenters. The smallest absolute Gasteiger partial charge is 0.326 e. The van der Waals surface area contributed by atoms with Gasteiger partial charge in [0.1, 0.15) is 6.04 Å². The molecule has 0 spiro atoms. The standard InChI is InChI=1S/C14H18N2O5/c1-8-5-4-6-10(9(8)2)15-14(20)16-11(13(18)19)7-12(17)21-3/h4-6,11H,7H2,1-3H3,(H,18,19)(H2,15,16,20)/t11-/m0/s1. The number of urea groups is 1. The maximum Gasteiger partial charge on any atom is 0.326 e. The first-order valence-corrected chi connectivity index (χ1v) is 6.28. The summed E-state index contributed by atoms with van der Waals surface area (Å²) >= 11 is 0. The van der Waals surface area contributed by atoms with E-state index in [2.05, 4.69) is 15.4 Å². The van der Waals surface area contributed by atoms with Gasteiger partial charge in [-0.1, -0.05) is 12.1 Å². The molecule has 1 aromatic carbocycles. The Labute approximate surface area is 122 Å². The van der Waals surface area contributed by atoms with Gasteiger partial charge in [0.05, 0.1) is 13.5 Å². The highest BCUT2D eigenvalue weighted by Gasteiger charge is 2.23. The molecule has 114 valence electrons. The predicted molar refractivity (Wildman–Crippen MR) is 76.1 cm³/mol. The van der Waals surface area contributed by atoms with Crippen molar-refractivity contribution in [2.75, 3.05) is 12.4 Å². The fraction of sp³-hybridized carbons (Fsp3) is 0.357. The number of aryl methyl sites for hydroxylation is 1. The van der Waals surface area contributed by atoms with Crippen molar-refractivity contribution in [2.45, 2.75) is 26.3 Å². The Morgan fingerprint density at radius 3 is 2.52 bits per heavy atom. The van der Waals surface area contributed by atoms with Crippen LogP contribution < -0.4 is 10.6 Å². The zero-order valence-corrected chi connectivity index (χ0v) is 12.1. The molecule has 21 heavy (non-hydrogen) atoms. The van der Waals surface area contributed by atoms with Crippen molar-refractivity contribution in [1.82, 2.24) is 5.32 Å². The normalized spacial score (nSPS) is 11.4. The third kappa shape index (κ3) is 4.79. The number of amides is 2. The van der Waals surface area contributed by atoms with E-state index in [1.807, 2.05) is 19.9 Å². The van der Waals surface area contributed by atoms with E-state index in [-0.39, 0.29) is 0 Å². The highest BCUT2D eigenvalue weighted by molar-refractivity contribution is 5.94. The average Bonchev–Trinajstić information content (AvgIpc) is 2.42. The number of hydrogen-bond donors (Lipinski definition) is 3. The number of carboxylic acids is 1. The molecule has 0 aromatic heterocycles. The summed E-state index contributed by atoms with van der Waals surface area (Å²) in [7, 11) is 1.15. The monoisotopic (exact) mass is 294 g/mol. The number of rotatable bonds is 5. The molecule has 1 rings (SSSR count). The molecule has 0 heterocycles. The van der Waals surface area contributed by atoms with Gasteiger partial charge in [0.2, 0.25) is 0 Å². The molecule has 0 fully saturated rings. The van der Waals surface area contributed by atoms with Gasteiger partial charge in [-0.3, -0.25) is 4.79 Å². The van der Waals surface area contributed by atoms with Gasteiger partial charge in [0.25, 0.3) is 0 Å². The predicted octanol–water partition coefficient (Wildman–Crippen LogP) is 1.44. The van der Waals surface area contributed by atoms with Crippen molar-refractivity contribution in [3.63, 3.8) is 0 Å². The van der Waals surface area contributed by atoms with E-state index < -0.39 is 30.4 Å². The van der Waals surface area contributed by atoms with Gasteiger partial charge in [-0.15, -0.1) is 0 Å². The van der Waals surface area contributed by atoms with Crippen LogP contribution in [-0.4, -0.2) is 36.2 Å². The molecule has 0 saturated heterocycles. The number of hydrogen-bond acceptors (Lipinski definition) is 4. The lowest BCUT2D eigenvalue weighted by atomic mass is 10.1. The minimum atomic E-state index is -1.34. The van der Waals surface area contributed by atoms with Gasteiger partial charge in [-0.2, -0.15) is 0 Å². The van der Waals surface area contributed by atoms with Gasteiger partial charge in [0, 0.05) is 5.69 Å². The molecule has 3 N–H and O–H groups in total. The topological polar surface area (TPSA) is 105 Å². The number of esters is 1. The Morgan fingerprint density at radius 1 is 1.29 bits per heavy atom. The number of benzene rings is 1. The Bertz CT molecular complexity index is 556. The van der Waals surface area contributed by atoms with E-state index in [0.717, 1.165) is 18.2 Å². The van der Waals surface area contributed by atoms with Crippen LogP contribution >= 0.6 is 0 Å². The molecule has 0 aliphatic rings. The number of methoxy groups -OCH3 is 1. The molecule has 1 aromatic rings. The summed E-state index contributed by atoms with van der Waals surface area (Å²) in [6.07, 6.45) is -0.438. The fourth-order valence-corrected chi connectivity index (χ4v) is 1.65. The van der Waals surface area contributed by atoms with Crippen molar-refractivity contribution in [3.8, 4) is 0 Å². The number of nitrogens with one attached hydrogen (secondary N) is 2. The van der Waals surface area contributed by atoms with E-state index in [9.17, 15) is 14.4 Å². The molecule has 0 saturated carbocycles. The SMILES string of the molecule is COC(=O)C[C@H](NC(=O)Nc1cccc(C)c1C)C(=O)O. The Morgan fingerprint density at radius 2 is 1.95 bits per heavy atom. The van der Waals surface area contributed by atoms with E-state index in [1.165, 1.54) is 0 Å². The van der Waals surface area contributed by atoms with E-state index in [0.29, 0.717) is 5.69 Å². The van der Waals surface area contributed by atoms with Crippen molar-refractivity contribution < 1.29 is 24.2 Å². The quantitative estimate of drug-likeness (QED) is 0.713. The molecule has 0 aliphatic carbocycles. The maximum absolute atomic E-state index is 11.8. The third-order valence-electron chi connectivity index (χ3n) is 3.05. The molecule has 7 nitrogen and oxygen atoms in total. The first-order valence-electron chi connectivity index (χ1n) is 6.28. The largest absolute Gasteiger partial charge is 0.480 e. The summed E-state index contributed by atoms with van der Waals surface area (Å²) in [4.78, 5) is 33.9. The molecule has 1 atom stereocenters. The van der Waals surface area contributed by atoms with E-state index in [1.54, 1.807) is 12.1 Å². The van der Waals surface area contributed by atoms with Crippen LogP contribution in [-0.2, 0) is 14.3 Å². The van der Waals surface area contributed by atoms with Crippen LogP contribution in [0.15, 0.2) is 18.2 Å². The number of carbonyl (C=O) groups excluding carboxylic acids is 2. The Balaban J connectivity index is 2.72. The van der Waals surface area contributed by atoms with Crippen LogP contribution in [0.5, 0.6) is 0 Å².